The molecule has 0 saturated carbocycles. The first-order valence-electron chi connectivity index (χ1n) is 5.61. The van der Waals surface area contributed by atoms with E-state index in [0.29, 0.717) is 5.15 Å². The lowest BCUT2D eigenvalue weighted by Crippen LogP contribution is -1.99. The standard InChI is InChI=1S/C11H13ClN4S2/c1-4-5-8-14-9(12)6(2)10(15-8)17-11-13-7(3)16-18-11/h4-5H2,1-3H3. The minimum Gasteiger partial charge on any atom is -0.226 e. The fourth-order valence-corrected chi connectivity index (χ4v) is 3.26. The maximum atomic E-state index is 6.13. The van der Waals surface area contributed by atoms with Gasteiger partial charge in [0.2, 0.25) is 0 Å². The van der Waals surface area contributed by atoms with Crippen LogP contribution in [-0.4, -0.2) is 19.3 Å². The minimum atomic E-state index is 0.525. The fraction of sp³-hybridized carbons (Fsp3) is 0.455. The Labute approximate surface area is 119 Å². The van der Waals surface area contributed by atoms with Crippen LogP contribution in [0.3, 0.4) is 0 Å². The first kappa shape index (κ1) is 13.7. The van der Waals surface area contributed by atoms with Gasteiger partial charge in [-0.1, -0.05) is 18.5 Å². The Kier molecular flexibility index (Phi) is 4.53. The van der Waals surface area contributed by atoms with Gasteiger partial charge in [0.1, 0.15) is 21.8 Å². The van der Waals surface area contributed by atoms with Crippen LogP contribution in [0.25, 0.3) is 0 Å². The summed E-state index contributed by atoms with van der Waals surface area (Å²) in [6, 6.07) is 0. The summed E-state index contributed by atoms with van der Waals surface area (Å²) in [7, 11) is 0. The van der Waals surface area contributed by atoms with E-state index in [2.05, 4.69) is 26.2 Å². The third-order valence-electron chi connectivity index (χ3n) is 2.25. The third-order valence-corrected chi connectivity index (χ3v) is 4.56. The summed E-state index contributed by atoms with van der Waals surface area (Å²) in [5, 5.41) is 1.40. The molecule has 0 saturated heterocycles. The normalized spacial score (nSPS) is 10.9. The largest absolute Gasteiger partial charge is 0.226 e. The maximum Gasteiger partial charge on any atom is 0.176 e. The summed E-state index contributed by atoms with van der Waals surface area (Å²) in [5.74, 6) is 1.57. The molecule has 96 valence electrons. The second kappa shape index (κ2) is 5.95. The highest BCUT2D eigenvalue weighted by molar-refractivity contribution is 8.00. The van der Waals surface area contributed by atoms with Gasteiger partial charge in [-0.25, -0.2) is 15.0 Å². The lowest BCUT2D eigenvalue weighted by atomic mass is 10.3. The molecule has 0 radical (unpaired) electrons. The van der Waals surface area contributed by atoms with E-state index >= 15 is 0 Å². The third kappa shape index (κ3) is 3.18. The van der Waals surface area contributed by atoms with Crippen LogP contribution in [0.1, 0.15) is 30.6 Å². The van der Waals surface area contributed by atoms with E-state index in [1.54, 1.807) is 0 Å². The quantitative estimate of drug-likeness (QED) is 0.806. The summed E-state index contributed by atoms with van der Waals surface area (Å²) in [6.45, 7) is 5.90. The molecule has 18 heavy (non-hydrogen) atoms. The summed E-state index contributed by atoms with van der Waals surface area (Å²) < 4.78 is 5.04. The van der Waals surface area contributed by atoms with Gasteiger partial charge in [0.25, 0.3) is 0 Å². The van der Waals surface area contributed by atoms with E-state index in [4.69, 9.17) is 11.6 Å². The van der Waals surface area contributed by atoms with E-state index in [0.717, 1.165) is 39.4 Å². The van der Waals surface area contributed by atoms with Crippen molar-refractivity contribution >= 4 is 34.9 Å². The number of hydrogen-bond acceptors (Lipinski definition) is 6. The van der Waals surface area contributed by atoms with Gasteiger partial charge in [0.15, 0.2) is 4.34 Å². The van der Waals surface area contributed by atoms with Gasteiger partial charge in [-0.2, -0.15) is 4.37 Å². The molecule has 0 bridgehead atoms. The highest BCUT2D eigenvalue weighted by atomic mass is 35.5. The van der Waals surface area contributed by atoms with Crippen LogP contribution in [0.15, 0.2) is 9.37 Å². The van der Waals surface area contributed by atoms with Crippen LogP contribution in [-0.2, 0) is 6.42 Å². The van der Waals surface area contributed by atoms with E-state index in [1.165, 1.54) is 23.3 Å². The van der Waals surface area contributed by atoms with Crippen molar-refractivity contribution in [2.24, 2.45) is 0 Å². The van der Waals surface area contributed by atoms with E-state index in [1.807, 2.05) is 13.8 Å². The molecule has 4 nitrogen and oxygen atoms in total. The van der Waals surface area contributed by atoms with Crippen LogP contribution in [0.4, 0.5) is 0 Å². The van der Waals surface area contributed by atoms with Crippen molar-refractivity contribution in [1.82, 2.24) is 19.3 Å². The van der Waals surface area contributed by atoms with Crippen molar-refractivity contribution < 1.29 is 0 Å². The lowest BCUT2D eigenvalue weighted by Gasteiger charge is -2.06. The maximum absolute atomic E-state index is 6.13. The van der Waals surface area contributed by atoms with Gasteiger partial charge in [-0.3, -0.25) is 0 Å². The Morgan fingerprint density at radius 3 is 2.61 bits per heavy atom. The van der Waals surface area contributed by atoms with Gasteiger partial charge < -0.3 is 0 Å². The van der Waals surface area contributed by atoms with Crippen LogP contribution >= 0.6 is 34.9 Å². The van der Waals surface area contributed by atoms with Crippen LogP contribution < -0.4 is 0 Å². The van der Waals surface area contributed by atoms with E-state index < -0.39 is 0 Å². The Bertz CT molecular complexity index is 556. The van der Waals surface area contributed by atoms with Crippen LogP contribution in [0.5, 0.6) is 0 Å². The average molecular weight is 301 g/mol. The summed E-state index contributed by atoms with van der Waals surface area (Å²) in [6.07, 6.45) is 1.84. The first-order chi connectivity index (χ1) is 8.60. The summed E-state index contributed by atoms with van der Waals surface area (Å²) in [4.78, 5) is 13.1. The minimum absolute atomic E-state index is 0.525. The molecule has 0 aliphatic rings. The molecule has 0 atom stereocenters. The van der Waals surface area contributed by atoms with Gasteiger partial charge in [-0.15, -0.1) is 0 Å². The zero-order valence-corrected chi connectivity index (χ0v) is 12.8. The number of halogens is 1. The smallest absolute Gasteiger partial charge is 0.176 e. The SMILES string of the molecule is CCCc1nc(Cl)c(C)c(Sc2nc(C)ns2)n1. The number of aromatic nitrogens is 4. The number of rotatable bonds is 4. The molecule has 0 spiro atoms. The van der Waals surface area contributed by atoms with Gasteiger partial charge in [-0.05, 0) is 43.6 Å². The molecular weight excluding hydrogens is 288 g/mol. The lowest BCUT2D eigenvalue weighted by molar-refractivity contribution is 0.801. The average Bonchev–Trinajstić information content (AvgIpc) is 2.71. The Hall–Kier alpha value is -0.720. The monoisotopic (exact) mass is 300 g/mol. The molecule has 2 aromatic heterocycles. The van der Waals surface area contributed by atoms with Crippen molar-refractivity contribution in [3.63, 3.8) is 0 Å². The van der Waals surface area contributed by atoms with Gasteiger partial charge >= 0.3 is 0 Å². The molecule has 0 unspecified atom stereocenters. The predicted molar refractivity (Wildman–Crippen MR) is 74.5 cm³/mol. The Morgan fingerprint density at radius 2 is 2.00 bits per heavy atom. The Morgan fingerprint density at radius 1 is 1.22 bits per heavy atom. The highest BCUT2D eigenvalue weighted by Crippen LogP contribution is 2.32. The molecule has 2 rings (SSSR count). The van der Waals surface area contributed by atoms with Crippen LogP contribution in [0.2, 0.25) is 5.15 Å². The summed E-state index contributed by atoms with van der Waals surface area (Å²) >= 11 is 9.00. The topological polar surface area (TPSA) is 51.6 Å². The molecule has 2 heterocycles. The zero-order chi connectivity index (χ0) is 13.1. The van der Waals surface area contributed by atoms with Crippen molar-refractivity contribution in [1.29, 1.82) is 0 Å². The Balaban J connectivity index is 2.31. The summed E-state index contributed by atoms with van der Waals surface area (Å²) in [5.41, 5.74) is 0.898. The molecule has 0 amide bonds. The molecule has 0 fully saturated rings. The molecule has 0 aliphatic heterocycles. The number of nitrogens with zero attached hydrogens (tertiary/aromatic N) is 4. The highest BCUT2D eigenvalue weighted by Gasteiger charge is 2.12. The van der Waals surface area contributed by atoms with E-state index in [9.17, 15) is 0 Å². The second-order valence-electron chi connectivity index (χ2n) is 3.82. The second-order valence-corrected chi connectivity index (χ2v) is 6.17. The molecule has 0 aliphatic carbocycles. The molecule has 2 aromatic rings. The van der Waals surface area contributed by atoms with Crippen molar-refractivity contribution in [2.45, 2.75) is 43.0 Å². The molecule has 0 aromatic carbocycles. The van der Waals surface area contributed by atoms with Gasteiger partial charge in [0.05, 0.1) is 0 Å². The van der Waals surface area contributed by atoms with Crippen LogP contribution in [0, 0.1) is 13.8 Å². The molecule has 0 N–H and O–H groups in total. The molecular formula is C11H13ClN4S2. The van der Waals surface area contributed by atoms with Gasteiger partial charge in [0, 0.05) is 12.0 Å². The fourth-order valence-electron chi connectivity index (χ4n) is 1.35. The zero-order valence-electron chi connectivity index (χ0n) is 10.4. The van der Waals surface area contributed by atoms with Crippen molar-refractivity contribution in [3.8, 4) is 0 Å². The van der Waals surface area contributed by atoms with Crippen molar-refractivity contribution in [2.75, 3.05) is 0 Å². The predicted octanol–water partition coefficient (Wildman–Crippen LogP) is 3.70. The van der Waals surface area contributed by atoms with E-state index in [-0.39, 0.29) is 0 Å². The molecule has 7 heteroatoms. The van der Waals surface area contributed by atoms with Crippen molar-refractivity contribution in [3.05, 3.63) is 22.4 Å². The number of aryl methyl sites for hydroxylation is 2. The number of hydrogen-bond donors (Lipinski definition) is 0. The first-order valence-corrected chi connectivity index (χ1v) is 7.58.